The number of benzene rings is 1. The third-order valence-corrected chi connectivity index (χ3v) is 7.25. The minimum atomic E-state index is -0.442. The van der Waals surface area contributed by atoms with Gasteiger partial charge in [-0.1, -0.05) is 18.5 Å². The molecule has 1 aromatic rings. The summed E-state index contributed by atoms with van der Waals surface area (Å²) in [6, 6.07) is 4.53. The Morgan fingerprint density at radius 2 is 2.03 bits per heavy atom. The van der Waals surface area contributed by atoms with E-state index >= 15 is 0 Å². The summed E-state index contributed by atoms with van der Waals surface area (Å²) in [7, 11) is 0. The molecule has 3 aliphatic rings. The maximum absolute atomic E-state index is 14.1. The molecule has 0 radical (unpaired) electrons. The molecule has 35 heavy (non-hydrogen) atoms. The molecule has 0 unspecified atom stereocenters. The standard InChI is InChI=1S/C26H33ClFN5O2/c1-4-11-30-18-6-8-19(9-7-18)35-23-12-17(28)5-10-20(23)26(34)33-13-21(22(29)14-33)25-31-15(2)24(27)16(3)32-25/h5,10,12,18-19,29-31H,4,6-9,11,13-14H2,1-3H3/b25-21+,29-22?. The van der Waals surface area contributed by atoms with Gasteiger partial charge in [0.2, 0.25) is 0 Å². The number of nitrogens with zero attached hydrogens (tertiary/aromatic N) is 2. The van der Waals surface area contributed by atoms with Crippen LogP contribution in [-0.2, 0) is 0 Å². The lowest BCUT2D eigenvalue weighted by Crippen LogP contribution is -2.37. The Balaban J connectivity index is 1.48. The molecular weight excluding hydrogens is 469 g/mol. The van der Waals surface area contributed by atoms with Crippen LogP contribution in [0.1, 0.15) is 63.2 Å². The predicted octanol–water partition coefficient (Wildman–Crippen LogP) is 4.74. The van der Waals surface area contributed by atoms with Crippen LogP contribution in [0, 0.1) is 11.2 Å². The van der Waals surface area contributed by atoms with E-state index in [2.05, 4.69) is 22.5 Å². The highest BCUT2D eigenvalue weighted by atomic mass is 35.5. The minimum absolute atomic E-state index is 0.0548. The summed E-state index contributed by atoms with van der Waals surface area (Å²) >= 11 is 6.22. The Kier molecular flexibility index (Phi) is 7.91. The average Bonchev–Trinajstić information content (AvgIpc) is 3.23. The van der Waals surface area contributed by atoms with Gasteiger partial charge in [-0.15, -0.1) is 0 Å². The van der Waals surface area contributed by atoms with Gasteiger partial charge in [-0.2, -0.15) is 0 Å². The van der Waals surface area contributed by atoms with Gasteiger partial charge in [0, 0.05) is 23.4 Å². The fourth-order valence-electron chi connectivity index (χ4n) is 4.73. The van der Waals surface area contributed by atoms with Crippen molar-refractivity contribution in [2.24, 2.45) is 4.99 Å². The van der Waals surface area contributed by atoms with Gasteiger partial charge in [-0.25, -0.2) is 9.38 Å². The fourth-order valence-corrected chi connectivity index (χ4v) is 4.82. The molecule has 0 spiro atoms. The first kappa shape index (κ1) is 25.4. The van der Waals surface area contributed by atoms with Crippen LogP contribution in [0.2, 0.25) is 0 Å². The second kappa shape index (κ2) is 10.9. The Labute approximate surface area is 211 Å². The van der Waals surface area contributed by atoms with Crippen LogP contribution in [0.15, 0.2) is 45.3 Å². The smallest absolute Gasteiger partial charge is 0.258 e. The maximum atomic E-state index is 14.1. The minimum Gasteiger partial charge on any atom is -0.489 e. The molecule has 7 nitrogen and oxygen atoms in total. The molecule has 0 aromatic heterocycles. The molecule has 188 valence electrons. The third kappa shape index (κ3) is 5.76. The molecular formula is C26H33ClFN5O2. The molecule has 1 aliphatic carbocycles. The van der Waals surface area contributed by atoms with Crippen molar-refractivity contribution in [1.82, 2.24) is 15.5 Å². The van der Waals surface area contributed by atoms with Gasteiger partial charge >= 0.3 is 0 Å². The molecule has 2 heterocycles. The van der Waals surface area contributed by atoms with Crippen molar-refractivity contribution in [3.05, 3.63) is 51.7 Å². The molecule has 3 N–H and O–H groups in total. The second-order valence-electron chi connectivity index (χ2n) is 9.41. The molecule has 1 saturated heterocycles. The zero-order valence-corrected chi connectivity index (χ0v) is 21.3. The Hall–Kier alpha value is -2.71. The van der Waals surface area contributed by atoms with E-state index in [0.717, 1.165) is 44.3 Å². The van der Waals surface area contributed by atoms with Crippen molar-refractivity contribution in [2.75, 3.05) is 19.6 Å². The average molecular weight is 502 g/mol. The molecule has 4 rings (SSSR count). The number of carbonyl (C=O) groups is 1. The Morgan fingerprint density at radius 3 is 2.71 bits per heavy atom. The van der Waals surface area contributed by atoms with E-state index in [4.69, 9.17) is 21.7 Å². The predicted molar refractivity (Wildman–Crippen MR) is 137 cm³/mol. The van der Waals surface area contributed by atoms with E-state index < -0.39 is 5.82 Å². The van der Waals surface area contributed by atoms with Crippen LogP contribution < -0.4 is 15.4 Å². The summed E-state index contributed by atoms with van der Waals surface area (Å²) in [5.74, 6) is 0.0687. The topological polar surface area (TPSA) is 89.8 Å². The maximum Gasteiger partial charge on any atom is 0.258 e. The van der Waals surface area contributed by atoms with Crippen molar-refractivity contribution in [3.63, 3.8) is 0 Å². The van der Waals surface area contributed by atoms with Crippen molar-refractivity contribution < 1.29 is 13.9 Å². The largest absolute Gasteiger partial charge is 0.489 e. The van der Waals surface area contributed by atoms with Crippen molar-refractivity contribution in [1.29, 1.82) is 5.41 Å². The second-order valence-corrected chi connectivity index (χ2v) is 9.79. The number of ether oxygens (including phenoxy) is 1. The summed E-state index contributed by atoms with van der Waals surface area (Å²) in [5.41, 5.74) is 2.69. The van der Waals surface area contributed by atoms with Crippen LogP contribution in [0.25, 0.3) is 0 Å². The zero-order chi connectivity index (χ0) is 25.1. The lowest BCUT2D eigenvalue weighted by molar-refractivity contribution is 0.0790. The SMILES string of the molecule is CCCNC1CCC(Oc2cc(F)ccc2C(=O)N2CC(=N)/C(=C3/N=C(C)C(Cl)=C(C)N3)C2)CC1. The molecule has 0 atom stereocenters. The highest BCUT2D eigenvalue weighted by molar-refractivity contribution is 6.43. The van der Waals surface area contributed by atoms with Crippen molar-refractivity contribution in [2.45, 2.75) is 65.0 Å². The monoisotopic (exact) mass is 501 g/mol. The molecule has 2 aliphatic heterocycles. The van der Waals surface area contributed by atoms with Gasteiger partial charge in [0.25, 0.3) is 5.91 Å². The van der Waals surface area contributed by atoms with E-state index in [-0.39, 0.29) is 30.9 Å². The van der Waals surface area contributed by atoms with Gasteiger partial charge in [0.15, 0.2) is 0 Å². The molecule has 0 bridgehead atoms. The number of aliphatic imine (C=N–C) groups is 1. The lowest BCUT2D eigenvalue weighted by Gasteiger charge is -2.30. The van der Waals surface area contributed by atoms with E-state index in [1.807, 2.05) is 13.8 Å². The van der Waals surface area contributed by atoms with E-state index in [9.17, 15) is 9.18 Å². The molecule has 2 fully saturated rings. The van der Waals surface area contributed by atoms with E-state index in [0.29, 0.717) is 39.5 Å². The molecule has 1 saturated carbocycles. The van der Waals surface area contributed by atoms with Crippen molar-refractivity contribution in [3.8, 4) is 5.75 Å². The van der Waals surface area contributed by atoms with Gasteiger partial charge in [0.05, 0.1) is 41.2 Å². The number of amides is 1. The van der Waals surface area contributed by atoms with Gasteiger partial charge in [-0.05, 0) is 64.6 Å². The van der Waals surface area contributed by atoms with Gasteiger partial charge < -0.3 is 25.7 Å². The van der Waals surface area contributed by atoms with Crippen LogP contribution in [0.4, 0.5) is 4.39 Å². The summed E-state index contributed by atoms with van der Waals surface area (Å²) < 4.78 is 20.3. The summed E-state index contributed by atoms with van der Waals surface area (Å²) in [4.78, 5) is 19.5. The third-order valence-electron chi connectivity index (χ3n) is 6.69. The first-order valence-corrected chi connectivity index (χ1v) is 12.6. The first-order chi connectivity index (χ1) is 16.8. The Bertz CT molecular complexity index is 1100. The molecule has 1 aromatic carbocycles. The highest BCUT2D eigenvalue weighted by Crippen LogP contribution is 2.30. The van der Waals surface area contributed by atoms with Crippen LogP contribution in [-0.4, -0.2) is 54.0 Å². The number of hydrogen-bond donors (Lipinski definition) is 3. The normalized spacial score (nSPS) is 25.0. The number of hydrogen-bond acceptors (Lipinski definition) is 6. The molecule has 9 heteroatoms. The van der Waals surface area contributed by atoms with Gasteiger partial charge in [0.1, 0.15) is 17.4 Å². The van der Waals surface area contributed by atoms with Gasteiger partial charge in [-0.3, -0.25) is 4.79 Å². The van der Waals surface area contributed by atoms with Crippen LogP contribution in [0.3, 0.4) is 0 Å². The number of rotatable bonds is 6. The summed E-state index contributed by atoms with van der Waals surface area (Å²) in [6.07, 6.45) is 4.75. The van der Waals surface area contributed by atoms with E-state index in [1.165, 1.54) is 18.2 Å². The quantitative estimate of drug-likeness (QED) is 0.525. The zero-order valence-electron chi connectivity index (χ0n) is 20.5. The Morgan fingerprint density at radius 1 is 1.29 bits per heavy atom. The fraction of sp³-hybridized carbons (Fsp3) is 0.500. The number of carbonyl (C=O) groups excluding carboxylic acids is 1. The lowest BCUT2D eigenvalue weighted by atomic mass is 9.93. The number of likely N-dealkylation sites (tertiary alicyclic amines) is 1. The number of allylic oxidation sites excluding steroid dienone is 2. The first-order valence-electron chi connectivity index (χ1n) is 12.3. The highest BCUT2D eigenvalue weighted by Gasteiger charge is 2.32. The molecule has 1 amide bonds. The number of nitrogens with one attached hydrogen (secondary N) is 3. The van der Waals surface area contributed by atoms with Crippen LogP contribution >= 0.6 is 11.6 Å². The van der Waals surface area contributed by atoms with Crippen LogP contribution in [0.5, 0.6) is 5.75 Å². The summed E-state index contributed by atoms with van der Waals surface area (Å²) in [5, 5.41) is 15.7. The van der Waals surface area contributed by atoms with E-state index in [1.54, 1.807) is 4.90 Å². The summed E-state index contributed by atoms with van der Waals surface area (Å²) in [6.45, 7) is 7.19. The van der Waals surface area contributed by atoms with Crippen molar-refractivity contribution >= 4 is 28.9 Å². The number of halogens is 2.